The van der Waals surface area contributed by atoms with Crippen molar-refractivity contribution in [3.05, 3.63) is 29.3 Å². The van der Waals surface area contributed by atoms with Crippen molar-refractivity contribution in [1.29, 1.82) is 0 Å². The average Bonchev–Trinajstić information content (AvgIpc) is 3.73. The van der Waals surface area contributed by atoms with E-state index in [1.807, 2.05) is 0 Å². The van der Waals surface area contributed by atoms with Crippen LogP contribution in [0.4, 0.5) is 16.2 Å². The summed E-state index contributed by atoms with van der Waals surface area (Å²) in [5, 5.41) is 0. The van der Waals surface area contributed by atoms with Gasteiger partial charge in [-0.1, -0.05) is 24.5 Å². The number of aromatic amines is 1. The van der Waals surface area contributed by atoms with E-state index in [0.29, 0.717) is 12.8 Å². The summed E-state index contributed by atoms with van der Waals surface area (Å²) in [5.41, 5.74) is 11.6. The second kappa shape index (κ2) is 11.9. The number of anilines is 2. The van der Waals surface area contributed by atoms with Gasteiger partial charge in [0.2, 0.25) is 5.95 Å². The van der Waals surface area contributed by atoms with Crippen molar-refractivity contribution < 1.29 is 41.5 Å². The molecule has 24 heteroatoms. The highest BCUT2D eigenvalue weighted by atomic mass is 32.7. The first-order chi connectivity index (χ1) is 20.8. The van der Waals surface area contributed by atoms with E-state index < -0.39 is 62.7 Å². The number of ether oxygens (including phenoxy) is 2. The molecule has 6 heterocycles. The van der Waals surface area contributed by atoms with Crippen LogP contribution in [-0.4, -0.2) is 81.6 Å². The van der Waals surface area contributed by atoms with Crippen LogP contribution in [0, 0.1) is 0 Å². The molecule has 0 saturated carbocycles. The van der Waals surface area contributed by atoms with E-state index in [-0.39, 0.29) is 40.7 Å². The maximum atomic E-state index is 15.9. The molecule has 2 fully saturated rings. The number of imidazole rings is 2. The van der Waals surface area contributed by atoms with Gasteiger partial charge in [0, 0.05) is 0 Å². The van der Waals surface area contributed by atoms with Crippen molar-refractivity contribution in [3.63, 3.8) is 0 Å². The Labute approximate surface area is 256 Å². The number of nitrogen functional groups attached to an aromatic ring is 2. The lowest BCUT2D eigenvalue weighted by molar-refractivity contribution is -0.0417. The summed E-state index contributed by atoms with van der Waals surface area (Å²) in [6, 6.07) is 0. The van der Waals surface area contributed by atoms with Crippen molar-refractivity contribution >= 4 is 72.2 Å². The van der Waals surface area contributed by atoms with Gasteiger partial charge < -0.3 is 25.8 Å². The topological polar surface area (TPSA) is 260 Å². The molecule has 2 saturated heterocycles. The smallest absolute Gasteiger partial charge is 0.382 e. The zero-order chi connectivity index (χ0) is 31.4. The van der Waals surface area contributed by atoms with E-state index in [1.165, 1.54) is 17.2 Å². The highest BCUT2D eigenvalue weighted by Crippen LogP contribution is 2.57. The molecule has 4 aromatic heterocycles. The predicted octanol–water partition coefficient (Wildman–Crippen LogP) is 1.52. The monoisotopic (exact) mass is 694 g/mol. The largest absolute Gasteiger partial charge is 0.386 e. The number of alkyl halides is 1. The molecule has 2 aliphatic rings. The number of nitrogens with one attached hydrogen (secondary N) is 1. The number of nitrogens with two attached hydrogens (primary N) is 2. The van der Waals surface area contributed by atoms with Crippen LogP contribution in [0.2, 0.25) is 0 Å². The number of hydrogen-bond donors (Lipinski definition) is 6. The molecule has 0 bridgehead atoms. The third-order valence-electron chi connectivity index (χ3n) is 6.86. The van der Waals surface area contributed by atoms with Gasteiger partial charge in [0.05, 0.1) is 32.0 Å². The Kier molecular flexibility index (Phi) is 8.50. The predicted molar refractivity (Wildman–Crippen MR) is 156 cm³/mol. The molecule has 6 rings (SSSR count). The fourth-order valence-corrected chi connectivity index (χ4v) is 6.98. The number of aromatic nitrogens is 8. The van der Waals surface area contributed by atoms with Gasteiger partial charge in [-0.2, -0.15) is 4.98 Å². The SMILES string of the molecule is Nc1nc2c(ncn2[C@H]2CC[C@@H](COP(=O)(S)OC3C(F)[C@H](n4cnc5c(N)ncnc54)O[C@@H]3COP(=O)(O)S)O2)c(=O)[nH]1. The molecule has 2 aliphatic heterocycles. The number of fused-ring (bicyclic) bond motifs is 2. The molecule has 0 amide bonds. The second-order valence-electron chi connectivity index (χ2n) is 9.78. The van der Waals surface area contributed by atoms with Crippen LogP contribution in [-0.2, 0) is 32.2 Å². The molecular weight excluding hydrogens is 669 g/mol. The average molecular weight is 695 g/mol. The Morgan fingerprint density at radius 3 is 2.57 bits per heavy atom. The Morgan fingerprint density at radius 1 is 1.05 bits per heavy atom. The van der Waals surface area contributed by atoms with Crippen molar-refractivity contribution in [1.82, 2.24) is 39.0 Å². The fourth-order valence-electron chi connectivity index (χ4n) is 4.93. The van der Waals surface area contributed by atoms with Gasteiger partial charge in [0.15, 0.2) is 35.0 Å². The van der Waals surface area contributed by atoms with Crippen molar-refractivity contribution in [2.75, 3.05) is 24.7 Å². The number of H-pyrrole nitrogens is 1. The Bertz CT molecular complexity index is 1860. The normalized spacial score (nSPS) is 28.5. The van der Waals surface area contributed by atoms with Crippen molar-refractivity contribution in [3.8, 4) is 0 Å². The highest BCUT2D eigenvalue weighted by molar-refractivity contribution is 8.44. The first kappa shape index (κ1) is 31.3. The van der Waals surface area contributed by atoms with Crippen LogP contribution in [0.1, 0.15) is 25.3 Å². The standard InChI is InChI=1S/C20H25FN10O9P2S2/c21-11-14(9(4-36-41(33,34)43)39-19(11)31-7-26-12-15(22)24-5-25-16(12)31)40-42(35,44)37-3-8-1-2-10(38-8)30-6-27-13-17(30)28-20(23)29-18(13)32/h5-11,14,19H,1-4H2,(H,35,44)(H2,22,24,25)(H2,33,34,43)(H3,23,28,29,32)/t8-,9+,10+,11?,14?,19+,42?/m0/s1. The van der Waals surface area contributed by atoms with Crippen molar-refractivity contribution in [2.45, 2.75) is 49.8 Å². The van der Waals surface area contributed by atoms with Gasteiger partial charge in [0.25, 0.3) is 5.56 Å². The fraction of sp³-hybridized carbons (Fsp3) is 0.500. The summed E-state index contributed by atoms with van der Waals surface area (Å²) in [4.78, 5) is 44.1. The molecule has 19 nitrogen and oxygen atoms in total. The van der Waals surface area contributed by atoms with Gasteiger partial charge in [-0.05, 0) is 12.8 Å². The van der Waals surface area contributed by atoms with E-state index in [4.69, 9.17) is 34.5 Å². The number of halogens is 1. The van der Waals surface area contributed by atoms with Gasteiger partial charge >= 0.3 is 13.6 Å². The highest BCUT2D eigenvalue weighted by Gasteiger charge is 2.51. The number of rotatable bonds is 10. The summed E-state index contributed by atoms with van der Waals surface area (Å²) in [6.45, 7) is -9.54. The molecular formula is C20H25FN10O9P2S2. The summed E-state index contributed by atoms with van der Waals surface area (Å²) in [5.74, 6) is -0.0378. The minimum absolute atomic E-state index is 0.0473. The van der Waals surface area contributed by atoms with Crippen molar-refractivity contribution in [2.24, 2.45) is 0 Å². The Balaban J connectivity index is 1.14. The van der Waals surface area contributed by atoms with Crippen LogP contribution in [0.15, 0.2) is 23.8 Å². The van der Waals surface area contributed by atoms with Gasteiger partial charge in [-0.15, -0.1) is 0 Å². The molecule has 4 unspecified atom stereocenters. The molecule has 4 aromatic rings. The Morgan fingerprint density at radius 2 is 1.80 bits per heavy atom. The molecule has 238 valence electrons. The van der Waals surface area contributed by atoms with Crippen LogP contribution in [0.3, 0.4) is 0 Å². The molecule has 44 heavy (non-hydrogen) atoms. The molecule has 0 spiro atoms. The quantitative estimate of drug-likeness (QED) is 0.102. The third kappa shape index (κ3) is 6.37. The van der Waals surface area contributed by atoms with Gasteiger partial charge in [-0.3, -0.25) is 32.5 Å². The van der Waals surface area contributed by atoms with E-state index in [9.17, 15) is 18.8 Å². The van der Waals surface area contributed by atoms with E-state index in [2.05, 4.69) is 54.4 Å². The van der Waals surface area contributed by atoms with Crippen LogP contribution in [0.25, 0.3) is 22.3 Å². The van der Waals surface area contributed by atoms with Crippen LogP contribution < -0.4 is 17.0 Å². The third-order valence-corrected chi connectivity index (χ3v) is 9.31. The lowest BCUT2D eigenvalue weighted by Crippen LogP contribution is -2.33. The molecule has 6 N–H and O–H groups in total. The second-order valence-corrected chi connectivity index (χ2v) is 15.4. The summed E-state index contributed by atoms with van der Waals surface area (Å²) >= 11 is 7.47. The summed E-state index contributed by atoms with van der Waals surface area (Å²) in [6.07, 6.45) is -3.00. The molecule has 0 radical (unpaired) electrons. The maximum Gasteiger partial charge on any atom is 0.386 e. The molecule has 0 aliphatic carbocycles. The van der Waals surface area contributed by atoms with Gasteiger partial charge in [-0.25, -0.2) is 33.5 Å². The lowest BCUT2D eigenvalue weighted by atomic mass is 10.1. The molecule has 8 atom stereocenters. The van der Waals surface area contributed by atoms with Gasteiger partial charge in [0.1, 0.15) is 30.3 Å². The zero-order valence-electron chi connectivity index (χ0n) is 22.2. The Hall–Kier alpha value is -2.65. The summed E-state index contributed by atoms with van der Waals surface area (Å²) in [7, 11) is 0. The zero-order valence-corrected chi connectivity index (χ0v) is 25.8. The summed E-state index contributed by atoms with van der Waals surface area (Å²) < 4.78 is 71.1. The first-order valence-electron chi connectivity index (χ1n) is 12.8. The minimum atomic E-state index is -4.31. The maximum absolute atomic E-state index is 15.9. The van der Waals surface area contributed by atoms with Crippen LogP contribution in [0.5, 0.6) is 0 Å². The van der Waals surface area contributed by atoms with Crippen LogP contribution >= 0.6 is 38.1 Å². The van der Waals surface area contributed by atoms with E-state index in [0.717, 1.165) is 6.33 Å². The number of thiol groups is 2. The first-order valence-corrected chi connectivity index (χ1v) is 18.2. The van der Waals surface area contributed by atoms with E-state index in [1.54, 1.807) is 4.57 Å². The number of nitrogens with zero attached hydrogens (tertiary/aromatic N) is 7. The minimum Gasteiger partial charge on any atom is -0.382 e. The molecule has 0 aromatic carbocycles. The lowest BCUT2D eigenvalue weighted by Gasteiger charge is -2.24. The number of hydrogen-bond acceptors (Lipinski definition) is 15. The van der Waals surface area contributed by atoms with E-state index >= 15 is 4.39 Å².